The minimum absolute atomic E-state index is 0.0273. The van der Waals surface area contributed by atoms with Crippen LogP contribution in [0.5, 0.6) is 0 Å². The summed E-state index contributed by atoms with van der Waals surface area (Å²) in [7, 11) is 0. The minimum atomic E-state index is -0.221. The van der Waals surface area contributed by atoms with Crippen LogP contribution in [0.2, 0.25) is 0 Å². The van der Waals surface area contributed by atoms with Gasteiger partial charge in [-0.3, -0.25) is 14.6 Å². The highest BCUT2D eigenvalue weighted by atomic mass is 79.9. The predicted molar refractivity (Wildman–Crippen MR) is 86.9 cm³/mol. The van der Waals surface area contributed by atoms with Gasteiger partial charge in [-0.05, 0) is 35.4 Å². The Morgan fingerprint density at radius 1 is 0.909 bits per heavy atom. The topological polar surface area (TPSA) is 71.1 Å². The molecule has 0 atom stereocenters. The second-order valence-electron chi connectivity index (χ2n) is 4.71. The van der Waals surface area contributed by atoms with Crippen molar-refractivity contribution in [2.24, 2.45) is 0 Å². The van der Waals surface area contributed by atoms with Gasteiger partial charge in [-0.25, -0.2) is 0 Å². The van der Waals surface area contributed by atoms with Crippen molar-refractivity contribution in [3.8, 4) is 0 Å². The number of amides is 2. The van der Waals surface area contributed by atoms with E-state index in [1.807, 2.05) is 36.4 Å². The van der Waals surface area contributed by atoms with Crippen LogP contribution in [0.15, 0.2) is 53.3 Å². The summed E-state index contributed by atoms with van der Waals surface area (Å²) in [6.45, 7) is 0.393. The zero-order valence-electron chi connectivity index (χ0n) is 11.9. The normalized spacial score (nSPS) is 10.0. The summed E-state index contributed by atoms with van der Waals surface area (Å²) in [6, 6.07) is 11.1. The zero-order valence-corrected chi connectivity index (χ0v) is 13.5. The number of pyridine rings is 1. The average Bonchev–Trinajstić information content (AvgIpc) is 2.54. The first kappa shape index (κ1) is 16.2. The lowest BCUT2D eigenvalue weighted by atomic mass is 10.1. The molecular weight excluding hydrogens is 346 g/mol. The number of nitrogens with zero attached hydrogens (tertiary/aromatic N) is 1. The first-order chi connectivity index (χ1) is 10.6. The molecule has 0 aliphatic carbocycles. The van der Waals surface area contributed by atoms with Gasteiger partial charge in [0.2, 0.25) is 11.8 Å². The van der Waals surface area contributed by atoms with Gasteiger partial charge in [-0.15, -0.1) is 0 Å². The SMILES string of the molecule is O=C(CNC(=O)Cc1ccc(Br)cc1)NCc1ccncc1. The van der Waals surface area contributed by atoms with Crippen LogP contribution >= 0.6 is 15.9 Å². The van der Waals surface area contributed by atoms with Crippen molar-refractivity contribution >= 4 is 27.7 Å². The Labute approximate surface area is 137 Å². The van der Waals surface area contributed by atoms with E-state index in [-0.39, 0.29) is 24.8 Å². The van der Waals surface area contributed by atoms with Crippen LogP contribution in [-0.4, -0.2) is 23.3 Å². The molecule has 2 aromatic rings. The number of benzene rings is 1. The second kappa shape index (κ2) is 8.29. The van der Waals surface area contributed by atoms with Crippen molar-refractivity contribution in [3.05, 3.63) is 64.4 Å². The molecule has 0 aliphatic rings. The smallest absolute Gasteiger partial charge is 0.239 e. The monoisotopic (exact) mass is 361 g/mol. The van der Waals surface area contributed by atoms with Crippen molar-refractivity contribution < 1.29 is 9.59 Å². The molecule has 2 rings (SSSR count). The summed E-state index contributed by atoms with van der Waals surface area (Å²) in [4.78, 5) is 27.3. The highest BCUT2D eigenvalue weighted by Gasteiger charge is 2.06. The molecule has 1 aromatic carbocycles. The number of rotatable bonds is 6. The summed E-state index contributed by atoms with van der Waals surface area (Å²) in [5, 5.41) is 5.34. The van der Waals surface area contributed by atoms with Crippen LogP contribution in [0.3, 0.4) is 0 Å². The number of carbonyl (C=O) groups is 2. The fourth-order valence-electron chi connectivity index (χ4n) is 1.79. The van der Waals surface area contributed by atoms with Crippen LogP contribution in [0.1, 0.15) is 11.1 Å². The lowest BCUT2D eigenvalue weighted by Gasteiger charge is -2.07. The van der Waals surface area contributed by atoms with E-state index in [0.29, 0.717) is 6.54 Å². The largest absolute Gasteiger partial charge is 0.350 e. The number of aromatic nitrogens is 1. The van der Waals surface area contributed by atoms with Gasteiger partial charge in [0.1, 0.15) is 0 Å². The van der Waals surface area contributed by atoms with Crippen LogP contribution in [0.4, 0.5) is 0 Å². The lowest BCUT2D eigenvalue weighted by molar-refractivity contribution is -0.125. The molecule has 0 radical (unpaired) electrons. The molecule has 1 aromatic heterocycles. The van der Waals surface area contributed by atoms with Crippen LogP contribution < -0.4 is 10.6 Å². The van der Waals surface area contributed by atoms with Gasteiger partial charge >= 0.3 is 0 Å². The van der Waals surface area contributed by atoms with E-state index in [0.717, 1.165) is 15.6 Å². The highest BCUT2D eigenvalue weighted by molar-refractivity contribution is 9.10. The maximum atomic E-state index is 11.8. The minimum Gasteiger partial charge on any atom is -0.350 e. The number of hydrogen-bond acceptors (Lipinski definition) is 3. The van der Waals surface area contributed by atoms with Crippen molar-refractivity contribution in [2.75, 3.05) is 6.54 Å². The Bertz CT molecular complexity index is 630. The fourth-order valence-corrected chi connectivity index (χ4v) is 2.06. The molecule has 0 fully saturated rings. The van der Waals surface area contributed by atoms with Crippen LogP contribution in [0, 0.1) is 0 Å². The van der Waals surface area contributed by atoms with Crippen LogP contribution in [0.25, 0.3) is 0 Å². The molecule has 1 heterocycles. The maximum absolute atomic E-state index is 11.8. The third-order valence-electron chi connectivity index (χ3n) is 2.96. The molecule has 2 amide bonds. The average molecular weight is 362 g/mol. The van der Waals surface area contributed by atoms with Gasteiger partial charge in [0.05, 0.1) is 13.0 Å². The number of carbonyl (C=O) groups excluding carboxylic acids is 2. The van der Waals surface area contributed by atoms with Gasteiger partial charge in [-0.2, -0.15) is 0 Å². The van der Waals surface area contributed by atoms with E-state index in [2.05, 4.69) is 31.5 Å². The van der Waals surface area contributed by atoms with E-state index < -0.39 is 0 Å². The highest BCUT2D eigenvalue weighted by Crippen LogP contribution is 2.10. The van der Waals surface area contributed by atoms with Gasteiger partial charge in [-0.1, -0.05) is 28.1 Å². The molecule has 0 saturated heterocycles. The van der Waals surface area contributed by atoms with E-state index in [4.69, 9.17) is 0 Å². The van der Waals surface area contributed by atoms with E-state index in [1.165, 1.54) is 0 Å². The molecule has 0 unspecified atom stereocenters. The number of hydrogen-bond donors (Lipinski definition) is 2. The summed E-state index contributed by atoms with van der Waals surface area (Å²) in [6.07, 6.45) is 3.59. The molecule has 0 saturated carbocycles. The predicted octanol–water partition coefficient (Wildman–Crippen LogP) is 1.82. The van der Waals surface area contributed by atoms with Gasteiger partial charge in [0.25, 0.3) is 0 Å². The fraction of sp³-hybridized carbons (Fsp3) is 0.188. The molecule has 0 spiro atoms. The molecule has 0 bridgehead atoms. The molecule has 6 heteroatoms. The molecular formula is C16H16BrN3O2. The zero-order chi connectivity index (χ0) is 15.8. The lowest BCUT2D eigenvalue weighted by Crippen LogP contribution is -2.37. The van der Waals surface area contributed by atoms with E-state index in [1.54, 1.807) is 12.4 Å². The summed E-state index contributed by atoms with van der Waals surface area (Å²) in [5.74, 6) is -0.401. The number of nitrogens with one attached hydrogen (secondary N) is 2. The van der Waals surface area contributed by atoms with Crippen molar-refractivity contribution in [1.29, 1.82) is 0 Å². The summed E-state index contributed by atoms with van der Waals surface area (Å²) < 4.78 is 0.965. The number of halogens is 1. The van der Waals surface area contributed by atoms with Gasteiger partial charge in [0.15, 0.2) is 0 Å². The first-order valence-electron chi connectivity index (χ1n) is 6.80. The van der Waals surface area contributed by atoms with Crippen molar-refractivity contribution in [2.45, 2.75) is 13.0 Å². The molecule has 114 valence electrons. The maximum Gasteiger partial charge on any atom is 0.239 e. The molecule has 5 nitrogen and oxygen atoms in total. The molecule has 0 aliphatic heterocycles. The van der Waals surface area contributed by atoms with Gasteiger partial charge in [0, 0.05) is 23.4 Å². The quantitative estimate of drug-likeness (QED) is 0.824. The third kappa shape index (κ3) is 5.65. The Morgan fingerprint density at radius 3 is 2.27 bits per heavy atom. The Morgan fingerprint density at radius 2 is 1.59 bits per heavy atom. The third-order valence-corrected chi connectivity index (χ3v) is 3.49. The summed E-state index contributed by atoms with van der Waals surface area (Å²) >= 11 is 3.34. The standard InChI is InChI=1S/C16H16BrN3O2/c17-14-3-1-12(2-4-14)9-15(21)20-11-16(22)19-10-13-5-7-18-8-6-13/h1-8H,9-11H2,(H,19,22)(H,20,21). The molecule has 2 N–H and O–H groups in total. The van der Waals surface area contributed by atoms with E-state index >= 15 is 0 Å². The Kier molecular flexibility index (Phi) is 6.09. The Balaban J connectivity index is 1.69. The molecule has 22 heavy (non-hydrogen) atoms. The van der Waals surface area contributed by atoms with Gasteiger partial charge < -0.3 is 10.6 Å². The summed E-state index contributed by atoms with van der Waals surface area (Å²) in [5.41, 5.74) is 1.86. The Hall–Kier alpha value is -2.21. The van der Waals surface area contributed by atoms with Crippen molar-refractivity contribution in [1.82, 2.24) is 15.6 Å². The van der Waals surface area contributed by atoms with Crippen molar-refractivity contribution in [3.63, 3.8) is 0 Å². The van der Waals surface area contributed by atoms with Crippen LogP contribution in [-0.2, 0) is 22.6 Å². The second-order valence-corrected chi connectivity index (χ2v) is 5.63. The first-order valence-corrected chi connectivity index (χ1v) is 7.59. The van der Waals surface area contributed by atoms with E-state index in [9.17, 15) is 9.59 Å².